The van der Waals surface area contributed by atoms with Gasteiger partial charge in [0.2, 0.25) is 0 Å². The first-order chi connectivity index (χ1) is 13.5. The molecular weight excluding hydrogens is 405 g/mol. The standard InChI is InChI=1S/C19H19Cl2N3O4/c20-16-3-1-2-4-18(16)28-12-11-22-7-9-23(10-8-22)19(25)15-6-5-14(24(26)27)13-17(15)21/h1-6,13H,7-12H2. The van der Waals surface area contributed by atoms with Gasteiger partial charge >= 0.3 is 0 Å². The van der Waals surface area contributed by atoms with Gasteiger partial charge in [-0.15, -0.1) is 0 Å². The van der Waals surface area contributed by atoms with Crippen LogP contribution in [0, 0.1) is 10.1 Å². The molecule has 1 heterocycles. The second-order valence-corrected chi connectivity index (χ2v) is 7.15. The lowest BCUT2D eigenvalue weighted by Gasteiger charge is -2.34. The molecule has 0 bridgehead atoms. The maximum absolute atomic E-state index is 12.7. The predicted molar refractivity (Wildman–Crippen MR) is 107 cm³/mol. The number of piperazine rings is 1. The van der Waals surface area contributed by atoms with E-state index in [1.807, 2.05) is 18.2 Å². The topological polar surface area (TPSA) is 75.9 Å². The molecule has 1 saturated heterocycles. The van der Waals surface area contributed by atoms with E-state index in [1.54, 1.807) is 11.0 Å². The molecule has 1 aliphatic heterocycles. The largest absolute Gasteiger partial charge is 0.491 e. The van der Waals surface area contributed by atoms with Gasteiger partial charge in [0.15, 0.2) is 0 Å². The van der Waals surface area contributed by atoms with Crippen molar-refractivity contribution in [1.29, 1.82) is 0 Å². The molecule has 1 amide bonds. The summed E-state index contributed by atoms with van der Waals surface area (Å²) in [6, 6.07) is 11.2. The van der Waals surface area contributed by atoms with Gasteiger partial charge in [-0.05, 0) is 18.2 Å². The predicted octanol–water partition coefficient (Wildman–Crippen LogP) is 3.74. The van der Waals surface area contributed by atoms with Crippen molar-refractivity contribution in [2.24, 2.45) is 0 Å². The molecule has 0 aromatic heterocycles. The summed E-state index contributed by atoms with van der Waals surface area (Å²) in [5.74, 6) is 0.442. The van der Waals surface area contributed by atoms with Crippen LogP contribution in [-0.2, 0) is 0 Å². The summed E-state index contributed by atoms with van der Waals surface area (Å²) < 4.78 is 5.70. The normalized spacial score (nSPS) is 14.7. The van der Waals surface area contributed by atoms with Crippen molar-refractivity contribution >= 4 is 34.8 Å². The van der Waals surface area contributed by atoms with Crippen LogP contribution in [0.3, 0.4) is 0 Å². The summed E-state index contributed by atoms with van der Waals surface area (Å²) in [6.07, 6.45) is 0. The Labute approximate surface area is 172 Å². The van der Waals surface area contributed by atoms with E-state index in [2.05, 4.69) is 4.90 Å². The second-order valence-electron chi connectivity index (χ2n) is 6.33. The zero-order valence-electron chi connectivity index (χ0n) is 15.0. The minimum Gasteiger partial charge on any atom is -0.491 e. The maximum Gasteiger partial charge on any atom is 0.270 e. The maximum atomic E-state index is 12.7. The quantitative estimate of drug-likeness (QED) is 0.522. The highest BCUT2D eigenvalue weighted by Crippen LogP contribution is 2.25. The monoisotopic (exact) mass is 423 g/mol. The number of nitro groups is 1. The summed E-state index contributed by atoms with van der Waals surface area (Å²) in [6.45, 7) is 3.76. The summed E-state index contributed by atoms with van der Waals surface area (Å²) in [5, 5.41) is 11.5. The summed E-state index contributed by atoms with van der Waals surface area (Å²) in [5.41, 5.74) is 0.146. The van der Waals surface area contributed by atoms with Gasteiger partial charge in [0.25, 0.3) is 11.6 Å². The third-order valence-electron chi connectivity index (χ3n) is 4.56. The van der Waals surface area contributed by atoms with Crippen molar-refractivity contribution in [3.8, 4) is 5.75 Å². The molecular formula is C19H19Cl2N3O4. The third-order valence-corrected chi connectivity index (χ3v) is 5.18. The summed E-state index contributed by atoms with van der Waals surface area (Å²) in [4.78, 5) is 26.8. The van der Waals surface area contributed by atoms with Crippen LogP contribution in [0.5, 0.6) is 5.75 Å². The van der Waals surface area contributed by atoms with Crippen LogP contribution >= 0.6 is 23.2 Å². The highest BCUT2D eigenvalue weighted by atomic mass is 35.5. The first-order valence-electron chi connectivity index (χ1n) is 8.78. The van der Waals surface area contributed by atoms with Crippen molar-refractivity contribution < 1.29 is 14.5 Å². The average Bonchev–Trinajstić information content (AvgIpc) is 2.69. The minimum atomic E-state index is -0.538. The first kappa shape index (κ1) is 20.4. The summed E-state index contributed by atoms with van der Waals surface area (Å²) >= 11 is 12.1. The molecule has 3 rings (SSSR count). The van der Waals surface area contributed by atoms with Gasteiger partial charge < -0.3 is 9.64 Å². The lowest BCUT2D eigenvalue weighted by molar-refractivity contribution is -0.384. The minimum absolute atomic E-state index is 0.0924. The van der Waals surface area contributed by atoms with Crippen molar-refractivity contribution in [1.82, 2.24) is 9.80 Å². The van der Waals surface area contributed by atoms with E-state index >= 15 is 0 Å². The molecule has 0 radical (unpaired) electrons. The molecule has 2 aromatic rings. The van der Waals surface area contributed by atoms with E-state index in [0.717, 1.165) is 6.54 Å². The van der Waals surface area contributed by atoms with Gasteiger partial charge in [0.05, 0.1) is 20.5 Å². The van der Waals surface area contributed by atoms with Gasteiger partial charge in [0.1, 0.15) is 12.4 Å². The number of nitrogens with zero attached hydrogens (tertiary/aromatic N) is 3. The van der Waals surface area contributed by atoms with Crippen molar-refractivity contribution in [3.63, 3.8) is 0 Å². The van der Waals surface area contributed by atoms with E-state index in [0.29, 0.717) is 43.6 Å². The number of carbonyl (C=O) groups is 1. The molecule has 0 unspecified atom stereocenters. The van der Waals surface area contributed by atoms with Gasteiger partial charge in [-0.2, -0.15) is 0 Å². The molecule has 9 heteroatoms. The number of rotatable bonds is 6. The van der Waals surface area contributed by atoms with Crippen molar-refractivity contribution in [2.45, 2.75) is 0 Å². The van der Waals surface area contributed by atoms with Crippen LogP contribution in [0.15, 0.2) is 42.5 Å². The zero-order valence-corrected chi connectivity index (χ0v) is 16.5. The number of nitro benzene ring substituents is 1. The Morgan fingerprint density at radius 1 is 1.07 bits per heavy atom. The number of para-hydroxylation sites is 1. The molecule has 0 spiro atoms. The molecule has 0 aliphatic carbocycles. The number of ether oxygens (including phenoxy) is 1. The Morgan fingerprint density at radius 3 is 2.43 bits per heavy atom. The van der Waals surface area contributed by atoms with E-state index in [9.17, 15) is 14.9 Å². The Bertz CT molecular complexity index is 870. The second kappa shape index (κ2) is 9.23. The number of carbonyl (C=O) groups excluding carboxylic acids is 1. The van der Waals surface area contributed by atoms with Crippen LogP contribution in [-0.4, -0.2) is 60.0 Å². The number of halogens is 2. The average molecular weight is 424 g/mol. The van der Waals surface area contributed by atoms with Gasteiger partial charge in [-0.25, -0.2) is 0 Å². The zero-order chi connectivity index (χ0) is 20.1. The Hall–Kier alpha value is -2.35. The Kier molecular flexibility index (Phi) is 6.72. The van der Waals surface area contributed by atoms with Gasteiger partial charge in [-0.1, -0.05) is 35.3 Å². The molecule has 2 aromatic carbocycles. The van der Waals surface area contributed by atoms with E-state index in [4.69, 9.17) is 27.9 Å². The number of amides is 1. The molecule has 0 saturated carbocycles. The molecule has 0 atom stereocenters. The Morgan fingerprint density at radius 2 is 1.79 bits per heavy atom. The first-order valence-corrected chi connectivity index (χ1v) is 9.54. The fourth-order valence-corrected chi connectivity index (χ4v) is 3.43. The number of non-ortho nitro benzene ring substituents is 1. The summed E-state index contributed by atoms with van der Waals surface area (Å²) in [7, 11) is 0. The molecule has 7 nitrogen and oxygen atoms in total. The number of benzene rings is 2. The lowest BCUT2D eigenvalue weighted by atomic mass is 10.1. The molecule has 148 valence electrons. The highest BCUT2D eigenvalue weighted by molar-refractivity contribution is 6.34. The third kappa shape index (κ3) is 4.92. The van der Waals surface area contributed by atoms with E-state index in [-0.39, 0.29) is 22.2 Å². The SMILES string of the molecule is O=C(c1ccc([N+](=O)[O-])cc1Cl)N1CCN(CCOc2ccccc2Cl)CC1. The fourth-order valence-electron chi connectivity index (χ4n) is 2.98. The molecule has 1 aliphatic rings. The van der Waals surface area contributed by atoms with Crippen molar-refractivity contribution in [2.75, 3.05) is 39.3 Å². The molecule has 1 fully saturated rings. The van der Waals surface area contributed by atoms with Crippen LogP contribution in [0.1, 0.15) is 10.4 Å². The molecule has 0 N–H and O–H groups in total. The van der Waals surface area contributed by atoms with Gasteiger partial charge in [-0.3, -0.25) is 19.8 Å². The smallest absolute Gasteiger partial charge is 0.270 e. The highest BCUT2D eigenvalue weighted by Gasteiger charge is 2.24. The van der Waals surface area contributed by atoms with Crippen LogP contribution < -0.4 is 4.74 Å². The lowest BCUT2D eigenvalue weighted by Crippen LogP contribution is -2.49. The van der Waals surface area contributed by atoms with Crippen LogP contribution in [0.4, 0.5) is 5.69 Å². The number of hydrogen-bond donors (Lipinski definition) is 0. The number of hydrogen-bond acceptors (Lipinski definition) is 5. The fraction of sp³-hybridized carbons (Fsp3) is 0.316. The van der Waals surface area contributed by atoms with Gasteiger partial charge in [0, 0.05) is 44.9 Å². The van der Waals surface area contributed by atoms with Crippen LogP contribution in [0.25, 0.3) is 0 Å². The van der Waals surface area contributed by atoms with Crippen LogP contribution in [0.2, 0.25) is 10.0 Å². The van der Waals surface area contributed by atoms with Crippen molar-refractivity contribution in [3.05, 3.63) is 68.2 Å². The van der Waals surface area contributed by atoms with E-state index in [1.165, 1.54) is 18.2 Å². The van der Waals surface area contributed by atoms with E-state index < -0.39 is 4.92 Å². The molecule has 28 heavy (non-hydrogen) atoms. The Balaban J connectivity index is 1.49.